The molecule has 0 atom stereocenters. The SMILES string of the molecule is Cc1nn(Cc2ccccc2)c(C)c1C(=O)NCCNC(=O)Cc1ccc(F)cc1. The fourth-order valence-electron chi connectivity index (χ4n) is 3.25. The number of carbonyl (C=O) groups is 2. The van der Waals surface area contributed by atoms with Gasteiger partial charge in [0.1, 0.15) is 5.82 Å². The average Bonchev–Trinajstić information content (AvgIpc) is 3.01. The van der Waals surface area contributed by atoms with Crippen LogP contribution in [0.5, 0.6) is 0 Å². The molecule has 156 valence electrons. The minimum Gasteiger partial charge on any atom is -0.354 e. The molecule has 30 heavy (non-hydrogen) atoms. The molecule has 0 aliphatic heterocycles. The first-order chi connectivity index (χ1) is 14.4. The summed E-state index contributed by atoms with van der Waals surface area (Å²) in [4.78, 5) is 24.6. The quantitative estimate of drug-likeness (QED) is 0.563. The van der Waals surface area contributed by atoms with Crippen LogP contribution < -0.4 is 10.6 Å². The molecule has 0 saturated heterocycles. The fourth-order valence-corrected chi connectivity index (χ4v) is 3.25. The van der Waals surface area contributed by atoms with Crippen LogP contribution in [0.1, 0.15) is 32.9 Å². The van der Waals surface area contributed by atoms with Crippen molar-refractivity contribution >= 4 is 11.8 Å². The second-order valence-corrected chi connectivity index (χ2v) is 7.10. The second-order valence-electron chi connectivity index (χ2n) is 7.10. The van der Waals surface area contributed by atoms with E-state index in [1.807, 2.05) is 48.9 Å². The van der Waals surface area contributed by atoms with Crippen LogP contribution in [-0.4, -0.2) is 34.7 Å². The predicted molar refractivity (Wildman–Crippen MR) is 113 cm³/mol. The van der Waals surface area contributed by atoms with Gasteiger partial charge in [0.2, 0.25) is 5.91 Å². The van der Waals surface area contributed by atoms with Gasteiger partial charge in [-0.1, -0.05) is 42.5 Å². The van der Waals surface area contributed by atoms with E-state index >= 15 is 0 Å². The highest BCUT2D eigenvalue weighted by Crippen LogP contribution is 2.14. The van der Waals surface area contributed by atoms with Crippen LogP contribution >= 0.6 is 0 Å². The van der Waals surface area contributed by atoms with Gasteiger partial charge in [0, 0.05) is 18.8 Å². The molecule has 3 rings (SSSR count). The molecular formula is C23H25FN4O2. The number of rotatable bonds is 8. The maximum absolute atomic E-state index is 12.9. The molecule has 7 heteroatoms. The van der Waals surface area contributed by atoms with Gasteiger partial charge < -0.3 is 10.6 Å². The van der Waals surface area contributed by atoms with Crippen molar-refractivity contribution in [2.24, 2.45) is 0 Å². The summed E-state index contributed by atoms with van der Waals surface area (Å²) in [6.45, 7) is 4.90. The third kappa shape index (κ3) is 5.53. The zero-order valence-electron chi connectivity index (χ0n) is 17.1. The summed E-state index contributed by atoms with van der Waals surface area (Å²) in [6.07, 6.45) is 0.165. The smallest absolute Gasteiger partial charge is 0.255 e. The van der Waals surface area contributed by atoms with Gasteiger partial charge >= 0.3 is 0 Å². The molecule has 3 aromatic rings. The van der Waals surface area contributed by atoms with Crippen molar-refractivity contribution in [3.8, 4) is 0 Å². The summed E-state index contributed by atoms with van der Waals surface area (Å²) in [5.74, 6) is -0.726. The molecule has 0 saturated carbocycles. The number of carbonyl (C=O) groups excluding carboxylic acids is 2. The van der Waals surface area contributed by atoms with Gasteiger partial charge in [0.15, 0.2) is 0 Å². The second kappa shape index (κ2) is 9.82. The van der Waals surface area contributed by atoms with Crippen LogP contribution in [0.3, 0.4) is 0 Å². The van der Waals surface area contributed by atoms with Crippen molar-refractivity contribution in [3.05, 3.63) is 88.5 Å². The normalized spacial score (nSPS) is 10.6. The minimum atomic E-state index is -0.334. The molecule has 0 radical (unpaired) electrons. The number of aryl methyl sites for hydroxylation is 1. The van der Waals surface area contributed by atoms with Gasteiger partial charge in [0.05, 0.1) is 24.2 Å². The van der Waals surface area contributed by atoms with Gasteiger partial charge in [-0.25, -0.2) is 4.39 Å². The monoisotopic (exact) mass is 408 g/mol. The molecule has 6 nitrogen and oxygen atoms in total. The lowest BCUT2D eigenvalue weighted by Gasteiger charge is -2.08. The maximum Gasteiger partial charge on any atom is 0.255 e. The number of aromatic nitrogens is 2. The number of hydrogen-bond acceptors (Lipinski definition) is 3. The molecule has 0 unspecified atom stereocenters. The molecule has 0 spiro atoms. The number of halogens is 1. The van der Waals surface area contributed by atoms with Crippen molar-refractivity contribution in [2.75, 3.05) is 13.1 Å². The van der Waals surface area contributed by atoms with Gasteiger partial charge in [-0.2, -0.15) is 5.10 Å². The predicted octanol–water partition coefficient (Wildman–Crippen LogP) is 2.78. The Bertz CT molecular complexity index is 1010. The topological polar surface area (TPSA) is 76.0 Å². The summed E-state index contributed by atoms with van der Waals surface area (Å²) in [7, 11) is 0. The molecule has 1 aromatic heterocycles. The highest BCUT2D eigenvalue weighted by Gasteiger charge is 2.18. The lowest BCUT2D eigenvalue weighted by molar-refractivity contribution is -0.120. The summed E-state index contributed by atoms with van der Waals surface area (Å²) >= 11 is 0. The Balaban J connectivity index is 1.49. The van der Waals surface area contributed by atoms with E-state index < -0.39 is 0 Å². The minimum absolute atomic E-state index is 0.165. The van der Waals surface area contributed by atoms with E-state index in [9.17, 15) is 14.0 Å². The van der Waals surface area contributed by atoms with E-state index in [2.05, 4.69) is 15.7 Å². The average molecular weight is 408 g/mol. The molecule has 0 aliphatic carbocycles. The van der Waals surface area contributed by atoms with Crippen molar-refractivity contribution in [1.82, 2.24) is 20.4 Å². The van der Waals surface area contributed by atoms with E-state index in [0.29, 0.717) is 30.9 Å². The first-order valence-corrected chi connectivity index (χ1v) is 9.81. The zero-order chi connectivity index (χ0) is 21.5. The van der Waals surface area contributed by atoms with Crippen molar-refractivity contribution in [2.45, 2.75) is 26.8 Å². The lowest BCUT2D eigenvalue weighted by atomic mass is 10.1. The number of nitrogens with zero attached hydrogens (tertiary/aromatic N) is 2. The molecule has 2 N–H and O–H groups in total. The number of benzene rings is 2. The number of hydrogen-bond donors (Lipinski definition) is 2. The summed E-state index contributed by atoms with van der Waals surface area (Å²) in [5, 5.41) is 10.1. The molecule has 1 heterocycles. The van der Waals surface area contributed by atoms with Gasteiger partial charge in [-0.05, 0) is 37.1 Å². The van der Waals surface area contributed by atoms with E-state index in [1.165, 1.54) is 12.1 Å². The standard InChI is InChI=1S/C23H25FN4O2/c1-16-22(17(2)28(27-16)15-19-6-4-3-5-7-19)23(30)26-13-12-25-21(29)14-18-8-10-20(24)11-9-18/h3-11H,12-15H2,1-2H3,(H,25,29)(H,26,30). The summed E-state index contributed by atoms with van der Waals surface area (Å²) in [5.41, 5.74) is 3.87. The Morgan fingerprint density at radius 2 is 1.60 bits per heavy atom. The van der Waals surface area contributed by atoms with Crippen LogP contribution in [0.15, 0.2) is 54.6 Å². The Labute approximate surface area is 175 Å². The first-order valence-electron chi connectivity index (χ1n) is 9.81. The van der Waals surface area contributed by atoms with Crippen molar-refractivity contribution in [3.63, 3.8) is 0 Å². The maximum atomic E-state index is 12.9. The van der Waals surface area contributed by atoms with E-state index in [0.717, 1.165) is 16.8 Å². The van der Waals surface area contributed by atoms with Crippen LogP contribution in [0.25, 0.3) is 0 Å². The Morgan fingerprint density at radius 1 is 0.933 bits per heavy atom. The number of amides is 2. The summed E-state index contributed by atoms with van der Waals surface area (Å²) in [6, 6.07) is 15.7. The Kier molecular flexibility index (Phi) is 6.95. The lowest BCUT2D eigenvalue weighted by Crippen LogP contribution is -2.35. The van der Waals surface area contributed by atoms with Crippen LogP contribution in [0.2, 0.25) is 0 Å². The Hall–Kier alpha value is -3.48. The largest absolute Gasteiger partial charge is 0.354 e. The summed E-state index contributed by atoms with van der Waals surface area (Å²) < 4.78 is 14.7. The van der Waals surface area contributed by atoms with Gasteiger partial charge in [0.25, 0.3) is 5.91 Å². The molecule has 2 amide bonds. The van der Waals surface area contributed by atoms with Crippen molar-refractivity contribution in [1.29, 1.82) is 0 Å². The Morgan fingerprint density at radius 3 is 2.30 bits per heavy atom. The molecule has 2 aromatic carbocycles. The molecule has 0 aliphatic rings. The van der Waals surface area contributed by atoms with Crippen LogP contribution in [0, 0.1) is 19.7 Å². The van der Waals surface area contributed by atoms with E-state index in [-0.39, 0.29) is 24.1 Å². The zero-order valence-corrected chi connectivity index (χ0v) is 17.1. The number of nitrogens with one attached hydrogen (secondary N) is 2. The van der Waals surface area contributed by atoms with Gasteiger partial charge in [-0.15, -0.1) is 0 Å². The molecular weight excluding hydrogens is 383 g/mol. The highest BCUT2D eigenvalue weighted by atomic mass is 19.1. The van der Waals surface area contributed by atoms with Crippen molar-refractivity contribution < 1.29 is 14.0 Å². The molecule has 0 fully saturated rings. The molecule has 0 bridgehead atoms. The third-order valence-electron chi connectivity index (χ3n) is 4.79. The van der Waals surface area contributed by atoms with Crippen LogP contribution in [-0.2, 0) is 17.8 Å². The van der Waals surface area contributed by atoms with Gasteiger partial charge in [-0.3, -0.25) is 14.3 Å². The van der Waals surface area contributed by atoms with E-state index in [1.54, 1.807) is 12.1 Å². The van der Waals surface area contributed by atoms with E-state index in [4.69, 9.17) is 0 Å². The van der Waals surface area contributed by atoms with Crippen LogP contribution in [0.4, 0.5) is 4.39 Å². The highest BCUT2D eigenvalue weighted by molar-refractivity contribution is 5.96. The third-order valence-corrected chi connectivity index (χ3v) is 4.79. The fraction of sp³-hybridized carbons (Fsp3) is 0.261. The first kappa shape index (κ1) is 21.2.